The predicted octanol–water partition coefficient (Wildman–Crippen LogP) is 4.24. The van der Waals surface area contributed by atoms with Crippen LogP contribution in [-0.4, -0.2) is 24.9 Å². The van der Waals surface area contributed by atoms with Gasteiger partial charge in [0.15, 0.2) is 5.79 Å². The van der Waals surface area contributed by atoms with Crippen LogP contribution in [0.2, 0.25) is 0 Å². The molecule has 5 rings (SSSR count). The molecular weight excluding hydrogens is 314 g/mol. The Bertz CT molecular complexity index is 676. The van der Waals surface area contributed by atoms with Gasteiger partial charge in [-0.15, -0.1) is 0 Å². The standard InChI is InChI=1S/C21H27NO3/c23-19-20(8-2-1-3-9-20)17-5-4-16(14-18(17)22-19)15-6-10-21(11-7-15)24-12-13-25-21/h4-5,14-15H,1-3,6-13H2,(H,22,23). The van der Waals surface area contributed by atoms with Crippen LogP contribution in [0, 0.1) is 0 Å². The van der Waals surface area contributed by atoms with Crippen molar-refractivity contribution in [3.8, 4) is 0 Å². The number of benzene rings is 1. The van der Waals surface area contributed by atoms with Crippen LogP contribution in [0.15, 0.2) is 18.2 Å². The lowest BCUT2D eigenvalue weighted by Crippen LogP contribution is -2.36. The fourth-order valence-corrected chi connectivity index (χ4v) is 5.53. The molecule has 2 aliphatic carbocycles. The third-order valence-electron chi connectivity index (χ3n) is 6.98. The number of rotatable bonds is 1. The van der Waals surface area contributed by atoms with E-state index in [1.807, 2.05) is 0 Å². The van der Waals surface area contributed by atoms with E-state index in [0.29, 0.717) is 5.92 Å². The van der Waals surface area contributed by atoms with Gasteiger partial charge in [-0.2, -0.15) is 0 Å². The molecule has 3 fully saturated rings. The lowest BCUT2D eigenvalue weighted by Gasteiger charge is -2.35. The van der Waals surface area contributed by atoms with Crippen molar-refractivity contribution < 1.29 is 14.3 Å². The first-order valence-electron chi connectivity index (χ1n) is 9.95. The third kappa shape index (κ3) is 2.45. The molecule has 0 radical (unpaired) electrons. The lowest BCUT2D eigenvalue weighted by atomic mass is 9.70. The molecule has 0 unspecified atom stereocenters. The molecular formula is C21H27NO3. The summed E-state index contributed by atoms with van der Waals surface area (Å²) in [6, 6.07) is 6.75. The van der Waals surface area contributed by atoms with Crippen LogP contribution in [0.1, 0.15) is 74.8 Å². The first kappa shape index (κ1) is 15.8. The number of fused-ring (bicyclic) bond motifs is 2. The highest BCUT2D eigenvalue weighted by Gasteiger charge is 2.47. The summed E-state index contributed by atoms with van der Waals surface area (Å²) in [5.74, 6) is 0.478. The van der Waals surface area contributed by atoms with Gasteiger partial charge in [-0.25, -0.2) is 0 Å². The fourth-order valence-electron chi connectivity index (χ4n) is 5.53. The summed E-state index contributed by atoms with van der Waals surface area (Å²) in [4.78, 5) is 12.7. The van der Waals surface area contributed by atoms with Crippen molar-refractivity contribution in [3.63, 3.8) is 0 Å². The molecule has 2 heterocycles. The molecule has 4 nitrogen and oxygen atoms in total. The van der Waals surface area contributed by atoms with Crippen LogP contribution in [0.3, 0.4) is 0 Å². The Labute approximate surface area is 149 Å². The van der Waals surface area contributed by atoms with E-state index in [4.69, 9.17) is 9.47 Å². The minimum atomic E-state index is -0.298. The highest BCUT2D eigenvalue weighted by Crippen LogP contribution is 2.49. The summed E-state index contributed by atoms with van der Waals surface area (Å²) in [6.45, 7) is 1.47. The number of nitrogens with one attached hydrogen (secondary N) is 1. The fraction of sp³-hybridized carbons (Fsp3) is 0.667. The summed E-state index contributed by atoms with van der Waals surface area (Å²) in [7, 11) is 0. The van der Waals surface area contributed by atoms with Gasteiger partial charge < -0.3 is 14.8 Å². The number of amides is 1. The summed E-state index contributed by atoms with van der Waals surface area (Å²) >= 11 is 0. The van der Waals surface area contributed by atoms with E-state index in [1.54, 1.807) is 0 Å². The van der Waals surface area contributed by atoms with Crippen molar-refractivity contribution in [2.24, 2.45) is 0 Å². The molecule has 4 aliphatic rings. The van der Waals surface area contributed by atoms with Crippen molar-refractivity contribution in [1.82, 2.24) is 0 Å². The maximum absolute atomic E-state index is 12.7. The van der Waals surface area contributed by atoms with E-state index in [9.17, 15) is 4.79 Å². The number of anilines is 1. The molecule has 134 valence electrons. The van der Waals surface area contributed by atoms with Gasteiger partial charge in [0.1, 0.15) is 0 Å². The first-order valence-corrected chi connectivity index (χ1v) is 9.95. The zero-order valence-electron chi connectivity index (χ0n) is 14.8. The van der Waals surface area contributed by atoms with Crippen molar-refractivity contribution in [2.75, 3.05) is 18.5 Å². The summed E-state index contributed by atoms with van der Waals surface area (Å²) in [5, 5.41) is 3.20. The molecule has 0 aromatic heterocycles. The minimum absolute atomic E-state index is 0.231. The molecule has 2 aliphatic heterocycles. The van der Waals surface area contributed by atoms with E-state index in [0.717, 1.165) is 57.4 Å². The molecule has 1 N–H and O–H groups in total. The SMILES string of the molecule is O=C1Nc2cc(C3CCC4(CC3)OCCO4)ccc2C12CCCCC2. The monoisotopic (exact) mass is 341 g/mol. The van der Waals surface area contributed by atoms with E-state index in [2.05, 4.69) is 23.5 Å². The van der Waals surface area contributed by atoms with Gasteiger partial charge in [-0.1, -0.05) is 31.4 Å². The van der Waals surface area contributed by atoms with Crippen molar-refractivity contribution >= 4 is 11.6 Å². The molecule has 1 aromatic carbocycles. The molecule has 0 atom stereocenters. The van der Waals surface area contributed by atoms with Gasteiger partial charge in [0.25, 0.3) is 0 Å². The molecule has 1 aromatic rings. The molecule has 0 bridgehead atoms. The Morgan fingerprint density at radius 2 is 1.68 bits per heavy atom. The van der Waals surface area contributed by atoms with Crippen LogP contribution < -0.4 is 5.32 Å². The van der Waals surface area contributed by atoms with Gasteiger partial charge in [-0.3, -0.25) is 4.79 Å². The average molecular weight is 341 g/mol. The zero-order valence-corrected chi connectivity index (χ0v) is 14.8. The second kappa shape index (κ2) is 5.82. The van der Waals surface area contributed by atoms with Gasteiger partial charge in [0, 0.05) is 18.5 Å². The number of ether oxygens (including phenoxy) is 2. The molecule has 2 saturated carbocycles. The maximum Gasteiger partial charge on any atom is 0.235 e. The van der Waals surface area contributed by atoms with Crippen molar-refractivity contribution in [2.45, 2.75) is 74.9 Å². The number of carbonyl (C=O) groups is 1. The molecule has 25 heavy (non-hydrogen) atoms. The summed E-state index contributed by atoms with van der Waals surface area (Å²) in [6.07, 6.45) is 9.75. The second-order valence-corrected chi connectivity index (χ2v) is 8.28. The Hall–Kier alpha value is -1.39. The third-order valence-corrected chi connectivity index (χ3v) is 6.98. The average Bonchev–Trinajstić information content (AvgIpc) is 3.20. The van der Waals surface area contributed by atoms with Crippen LogP contribution in [0.5, 0.6) is 0 Å². The van der Waals surface area contributed by atoms with Gasteiger partial charge in [-0.05, 0) is 48.8 Å². The highest BCUT2D eigenvalue weighted by molar-refractivity contribution is 6.06. The van der Waals surface area contributed by atoms with E-state index < -0.39 is 0 Å². The van der Waals surface area contributed by atoms with Crippen LogP contribution >= 0.6 is 0 Å². The largest absolute Gasteiger partial charge is 0.348 e. The molecule has 2 spiro atoms. The van der Waals surface area contributed by atoms with Gasteiger partial charge >= 0.3 is 0 Å². The zero-order chi connectivity index (χ0) is 16.9. The molecule has 1 amide bonds. The number of hydrogen-bond acceptors (Lipinski definition) is 3. The van der Waals surface area contributed by atoms with Crippen LogP contribution in [0.25, 0.3) is 0 Å². The quantitative estimate of drug-likeness (QED) is 0.831. The lowest BCUT2D eigenvalue weighted by molar-refractivity contribution is -0.178. The minimum Gasteiger partial charge on any atom is -0.348 e. The Morgan fingerprint density at radius 3 is 2.40 bits per heavy atom. The summed E-state index contributed by atoms with van der Waals surface area (Å²) < 4.78 is 11.7. The van der Waals surface area contributed by atoms with Crippen LogP contribution in [0.4, 0.5) is 5.69 Å². The number of hydrogen-bond donors (Lipinski definition) is 1. The van der Waals surface area contributed by atoms with E-state index >= 15 is 0 Å². The molecule has 4 heteroatoms. The Morgan fingerprint density at radius 1 is 0.960 bits per heavy atom. The normalized spacial score (nSPS) is 27.6. The highest BCUT2D eigenvalue weighted by atomic mass is 16.7. The second-order valence-electron chi connectivity index (χ2n) is 8.28. The van der Waals surface area contributed by atoms with Crippen molar-refractivity contribution in [1.29, 1.82) is 0 Å². The van der Waals surface area contributed by atoms with Crippen molar-refractivity contribution in [3.05, 3.63) is 29.3 Å². The summed E-state index contributed by atoms with van der Waals surface area (Å²) in [5.41, 5.74) is 3.43. The van der Waals surface area contributed by atoms with Crippen LogP contribution in [-0.2, 0) is 19.7 Å². The topological polar surface area (TPSA) is 47.6 Å². The Kier molecular flexibility index (Phi) is 3.68. The molecule has 1 saturated heterocycles. The first-order chi connectivity index (χ1) is 12.2. The Balaban J connectivity index is 1.37. The van der Waals surface area contributed by atoms with Gasteiger partial charge in [0.05, 0.1) is 18.6 Å². The maximum atomic E-state index is 12.7. The van der Waals surface area contributed by atoms with Gasteiger partial charge in [0.2, 0.25) is 5.91 Å². The smallest absolute Gasteiger partial charge is 0.235 e. The predicted molar refractivity (Wildman–Crippen MR) is 95.7 cm³/mol. The van der Waals surface area contributed by atoms with E-state index in [-0.39, 0.29) is 17.1 Å². The van der Waals surface area contributed by atoms with E-state index in [1.165, 1.54) is 30.4 Å². The number of carbonyl (C=O) groups excluding carboxylic acids is 1.